The summed E-state index contributed by atoms with van der Waals surface area (Å²) in [5.41, 5.74) is 1.05. The molecular weight excluding hydrogens is 632 g/mol. The Kier molecular flexibility index (Phi) is 12.7. The number of hydrogen-bond acceptors (Lipinski definition) is 8. The molecule has 0 unspecified atom stereocenters. The van der Waals surface area contributed by atoms with Gasteiger partial charge >= 0.3 is 23.9 Å². The Morgan fingerprint density at radius 2 is 0.920 bits per heavy atom. The summed E-state index contributed by atoms with van der Waals surface area (Å²) >= 11 is 0. The lowest BCUT2D eigenvalue weighted by Gasteiger charge is -2.31. The lowest BCUT2D eigenvalue weighted by atomic mass is 9.75. The zero-order valence-electron chi connectivity index (χ0n) is 30.5. The molecule has 0 atom stereocenters. The summed E-state index contributed by atoms with van der Waals surface area (Å²) in [4.78, 5) is 55.3. The van der Waals surface area contributed by atoms with Gasteiger partial charge in [0, 0.05) is 11.1 Å². The van der Waals surface area contributed by atoms with E-state index in [2.05, 4.69) is 13.2 Å². The minimum atomic E-state index is -0.617. The molecule has 2 aromatic carbocycles. The molecule has 0 amide bonds. The molecule has 0 spiro atoms. The highest BCUT2D eigenvalue weighted by Gasteiger charge is 2.38. The van der Waals surface area contributed by atoms with Gasteiger partial charge in [-0.1, -0.05) is 105 Å². The summed E-state index contributed by atoms with van der Waals surface area (Å²) in [6, 6.07) is 9.91. The minimum absolute atomic E-state index is 0.205. The lowest BCUT2D eigenvalue weighted by Crippen LogP contribution is -2.31. The second-order valence-electron chi connectivity index (χ2n) is 15.3. The van der Waals surface area contributed by atoms with Crippen molar-refractivity contribution in [1.82, 2.24) is 0 Å². The first kappa shape index (κ1) is 38.3. The monoisotopic (exact) mass is 684 g/mol. The molecule has 2 saturated carbocycles. The second kappa shape index (κ2) is 16.5. The molecule has 268 valence electrons. The minimum Gasteiger partial charge on any atom is -0.432 e. The van der Waals surface area contributed by atoms with Crippen LogP contribution in [0.3, 0.4) is 0 Å². The molecule has 8 heteroatoms. The van der Waals surface area contributed by atoms with Gasteiger partial charge < -0.3 is 18.9 Å². The highest BCUT2D eigenvalue weighted by molar-refractivity contribution is 6.03. The number of rotatable bonds is 10. The third-order valence-corrected chi connectivity index (χ3v) is 9.54. The molecule has 0 heterocycles. The van der Waals surface area contributed by atoms with Crippen LogP contribution in [-0.4, -0.2) is 23.9 Å². The van der Waals surface area contributed by atoms with Crippen molar-refractivity contribution in [2.75, 3.05) is 0 Å². The van der Waals surface area contributed by atoms with E-state index in [1.807, 2.05) is 41.5 Å². The Balaban J connectivity index is 1.90. The summed E-state index contributed by atoms with van der Waals surface area (Å²) < 4.78 is 22.8. The van der Waals surface area contributed by atoms with E-state index < -0.39 is 34.7 Å². The van der Waals surface area contributed by atoms with E-state index in [0.717, 1.165) is 76.7 Å². The van der Waals surface area contributed by atoms with E-state index in [9.17, 15) is 19.2 Å². The van der Waals surface area contributed by atoms with Gasteiger partial charge in [0.1, 0.15) is 11.5 Å². The highest BCUT2D eigenvalue weighted by atomic mass is 16.5. The molecule has 8 nitrogen and oxygen atoms in total. The predicted octanol–water partition coefficient (Wildman–Crippen LogP) is 9.85. The number of hydrogen-bond donors (Lipinski definition) is 0. The molecule has 0 aromatic heterocycles. The van der Waals surface area contributed by atoms with Gasteiger partial charge in [0.2, 0.25) is 0 Å². The summed E-state index contributed by atoms with van der Waals surface area (Å²) in [6.07, 6.45) is 10.9. The third kappa shape index (κ3) is 9.01. The molecule has 0 N–H and O–H groups in total. The topological polar surface area (TPSA) is 105 Å². The van der Waals surface area contributed by atoms with Gasteiger partial charge in [0.05, 0.1) is 34.8 Å². The van der Waals surface area contributed by atoms with Crippen LogP contribution in [0.5, 0.6) is 11.5 Å². The van der Waals surface area contributed by atoms with Gasteiger partial charge in [-0.15, -0.1) is 0 Å². The summed E-state index contributed by atoms with van der Waals surface area (Å²) in [6.45, 7) is 18.6. The molecule has 0 aliphatic heterocycles. The first-order valence-corrected chi connectivity index (χ1v) is 17.8. The number of benzene rings is 2. The largest absolute Gasteiger partial charge is 0.432 e. The molecule has 2 aliphatic rings. The Bertz CT molecular complexity index is 1510. The van der Waals surface area contributed by atoms with Crippen LogP contribution in [0.4, 0.5) is 0 Å². The molecule has 0 saturated heterocycles. The van der Waals surface area contributed by atoms with Gasteiger partial charge in [-0.05, 0) is 72.6 Å². The molecule has 0 bridgehead atoms. The quantitative estimate of drug-likeness (QED) is 0.105. The fraction of sp³-hybridized carbons (Fsp3) is 0.476. The van der Waals surface area contributed by atoms with E-state index in [-0.39, 0.29) is 34.5 Å². The maximum Gasteiger partial charge on any atom is 0.343 e. The van der Waals surface area contributed by atoms with Crippen LogP contribution in [0.1, 0.15) is 138 Å². The first-order chi connectivity index (χ1) is 23.7. The molecular formula is C42H52O8. The fourth-order valence-electron chi connectivity index (χ4n) is 7.48. The van der Waals surface area contributed by atoms with E-state index in [0.29, 0.717) is 22.3 Å². The maximum absolute atomic E-state index is 14.7. The smallest absolute Gasteiger partial charge is 0.343 e. The van der Waals surface area contributed by atoms with Crippen LogP contribution in [-0.2, 0) is 29.9 Å². The highest BCUT2D eigenvalue weighted by Crippen LogP contribution is 2.42. The Labute approximate surface area is 296 Å². The van der Waals surface area contributed by atoms with Crippen molar-refractivity contribution in [1.29, 1.82) is 0 Å². The van der Waals surface area contributed by atoms with Gasteiger partial charge in [0.25, 0.3) is 0 Å². The molecule has 2 aliphatic carbocycles. The SMILES string of the molecule is C=COC(=O)c1cccc(OC(=O)/C(=C(/C(=O)Oc2cccc(C(=O)OC=C)c2C(C)(C)C)C2CCCCC2)C2CCCCC2)c1C(C)(C)C. The van der Waals surface area contributed by atoms with Crippen molar-refractivity contribution in [2.45, 2.75) is 117 Å². The number of ether oxygens (including phenoxy) is 4. The van der Waals surface area contributed by atoms with Gasteiger partial charge in [-0.3, -0.25) is 0 Å². The van der Waals surface area contributed by atoms with Crippen LogP contribution in [0.2, 0.25) is 0 Å². The van der Waals surface area contributed by atoms with E-state index in [4.69, 9.17) is 18.9 Å². The van der Waals surface area contributed by atoms with Crippen molar-refractivity contribution in [3.8, 4) is 11.5 Å². The number of carbonyl (C=O) groups excluding carboxylic acids is 4. The average Bonchev–Trinajstić information content (AvgIpc) is 3.06. The van der Waals surface area contributed by atoms with Crippen molar-refractivity contribution in [3.05, 3.63) is 95.5 Å². The number of carbonyl (C=O) groups is 4. The predicted molar refractivity (Wildman–Crippen MR) is 193 cm³/mol. The van der Waals surface area contributed by atoms with Crippen LogP contribution in [0.15, 0.2) is 73.2 Å². The Morgan fingerprint density at radius 1 is 0.580 bits per heavy atom. The second-order valence-corrected chi connectivity index (χ2v) is 15.3. The van der Waals surface area contributed by atoms with Crippen LogP contribution in [0.25, 0.3) is 0 Å². The van der Waals surface area contributed by atoms with Gasteiger partial charge in [-0.25, -0.2) is 19.2 Å². The molecule has 4 rings (SSSR count). The van der Waals surface area contributed by atoms with E-state index in [1.54, 1.807) is 36.4 Å². The van der Waals surface area contributed by atoms with Crippen LogP contribution >= 0.6 is 0 Å². The normalized spacial score (nSPS) is 16.4. The standard InChI is InChI=1S/C42H52O8/c1-9-47-37(43)29-23-17-25-31(35(29)41(3,4)5)49-39(45)33(27-19-13-11-14-20-27)34(28-21-15-12-16-22-28)40(46)50-32-26-18-24-30(38(44)48-10-2)36(32)42(6,7)8/h9-10,17-18,23-28H,1-2,11-16,19-22H2,3-8H3/b34-33+. The lowest BCUT2D eigenvalue weighted by molar-refractivity contribution is -0.134. The van der Waals surface area contributed by atoms with Crippen molar-refractivity contribution in [2.24, 2.45) is 11.8 Å². The molecule has 2 aromatic rings. The Morgan fingerprint density at radius 3 is 1.22 bits per heavy atom. The van der Waals surface area contributed by atoms with Crippen LogP contribution < -0.4 is 9.47 Å². The van der Waals surface area contributed by atoms with Crippen molar-refractivity contribution < 1.29 is 38.1 Å². The molecule has 50 heavy (non-hydrogen) atoms. The fourth-order valence-corrected chi connectivity index (χ4v) is 7.48. The van der Waals surface area contributed by atoms with Crippen molar-refractivity contribution in [3.63, 3.8) is 0 Å². The first-order valence-electron chi connectivity index (χ1n) is 17.8. The zero-order valence-corrected chi connectivity index (χ0v) is 30.5. The maximum atomic E-state index is 14.7. The average molecular weight is 685 g/mol. The zero-order chi connectivity index (χ0) is 36.6. The van der Waals surface area contributed by atoms with E-state index in [1.165, 1.54) is 0 Å². The van der Waals surface area contributed by atoms with Gasteiger partial charge in [-0.2, -0.15) is 0 Å². The molecule has 0 radical (unpaired) electrons. The third-order valence-electron chi connectivity index (χ3n) is 9.54. The van der Waals surface area contributed by atoms with Crippen LogP contribution in [0, 0.1) is 11.8 Å². The summed E-state index contributed by atoms with van der Waals surface area (Å²) in [5.74, 6) is -2.39. The summed E-state index contributed by atoms with van der Waals surface area (Å²) in [5, 5.41) is 0. The Hall–Kier alpha value is -4.46. The van der Waals surface area contributed by atoms with E-state index >= 15 is 0 Å². The van der Waals surface area contributed by atoms with Crippen molar-refractivity contribution >= 4 is 23.9 Å². The number of esters is 4. The summed E-state index contributed by atoms with van der Waals surface area (Å²) in [7, 11) is 0. The van der Waals surface area contributed by atoms with Gasteiger partial charge in [0.15, 0.2) is 0 Å². The molecule has 2 fully saturated rings.